The van der Waals surface area contributed by atoms with Gasteiger partial charge in [-0.05, 0) is 32.0 Å². The van der Waals surface area contributed by atoms with Crippen LogP contribution in [0, 0.1) is 13.8 Å². The summed E-state index contributed by atoms with van der Waals surface area (Å²) in [5, 5.41) is 7.67. The minimum Gasteiger partial charge on any atom is -0.306 e. The second-order valence-corrected chi connectivity index (χ2v) is 8.51. The van der Waals surface area contributed by atoms with E-state index in [1.54, 1.807) is 22.2 Å². The van der Waals surface area contributed by atoms with E-state index in [-0.39, 0.29) is 11.3 Å². The molecule has 0 aliphatic rings. The van der Waals surface area contributed by atoms with Crippen LogP contribution in [0.25, 0.3) is 5.82 Å². The molecule has 3 aromatic heterocycles. The monoisotopic (exact) mass is 354 g/mol. The Kier molecular flexibility index (Phi) is 4.47. The number of aryl methyl sites for hydroxylation is 2. The average Bonchev–Trinajstić information content (AvgIpc) is 3.11. The van der Waals surface area contributed by atoms with E-state index >= 15 is 0 Å². The van der Waals surface area contributed by atoms with Crippen LogP contribution < -0.4 is 5.32 Å². The first kappa shape index (κ1) is 17.4. The summed E-state index contributed by atoms with van der Waals surface area (Å²) in [6.45, 7) is 10.2. The number of carbonyl (C=O) groups is 1. The van der Waals surface area contributed by atoms with Gasteiger partial charge in [-0.2, -0.15) is 9.78 Å². The van der Waals surface area contributed by atoms with Gasteiger partial charge in [0.05, 0.1) is 11.3 Å². The van der Waals surface area contributed by atoms with Crippen LogP contribution in [0.2, 0.25) is 0 Å². The van der Waals surface area contributed by atoms with Gasteiger partial charge in [-0.1, -0.05) is 26.8 Å². The first-order valence-electron chi connectivity index (χ1n) is 8.16. The lowest BCUT2D eigenvalue weighted by atomic mass is 9.92. The number of nitrogens with zero attached hydrogens (tertiary/aromatic N) is 3. The standard InChI is InChI=1S/C19H22N4OS/c1-12-10-14(13(2)25-12)18(24)21-17-11-15(19(3,4)5)22-23(17)16-8-6-7-9-20-16/h6-11H,1-5H3,(H,21,24). The van der Waals surface area contributed by atoms with Crippen molar-refractivity contribution < 1.29 is 4.79 Å². The minimum atomic E-state index is -0.131. The first-order valence-corrected chi connectivity index (χ1v) is 8.97. The molecule has 3 rings (SSSR count). The maximum atomic E-state index is 12.7. The molecule has 0 aromatic carbocycles. The van der Waals surface area contributed by atoms with E-state index in [1.165, 1.54) is 0 Å². The maximum absolute atomic E-state index is 12.7. The summed E-state index contributed by atoms with van der Waals surface area (Å²) in [5.41, 5.74) is 1.47. The van der Waals surface area contributed by atoms with Crippen molar-refractivity contribution in [3.63, 3.8) is 0 Å². The van der Waals surface area contributed by atoms with Gasteiger partial charge in [-0.25, -0.2) is 4.98 Å². The molecule has 0 aliphatic carbocycles. The van der Waals surface area contributed by atoms with Gasteiger partial charge in [0.2, 0.25) is 0 Å². The van der Waals surface area contributed by atoms with Gasteiger partial charge in [0, 0.05) is 27.4 Å². The highest BCUT2D eigenvalue weighted by Gasteiger charge is 2.22. The van der Waals surface area contributed by atoms with Crippen LogP contribution in [0.1, 0.15) is 46.6 Å². The Bertz CT molecular complexity index is 903. The molecule has 0 aliphatic heterocycles. The van der Waals surface area contributed by atoms with Gasteiger partial charge in [-0.3, -0.25) is 4.79 Å². The van der Waals surface area contributed by atoms with Gasteiger partial charge < -0.3 is 5.32 Å². The molecule has 1 N–H and O–H groups in total. The van der Waals surface area contributed by atoms with Crippen molar-refractivity contribution in [2.45, 2.75) is 40.0 Å². The van der Waals surface area contributed by atoms with Gasteiger partial charge in [0.1, 0.15) is 5.82 Å². The molecule has 3 aromatic rings. The molecule has 25 heavy (non-hydrogen) atoms. The lowest BCUT2D eigenvalue weighted by molar-refractivity contribution is 0.102. The van der Waals surface area contributed by atoms with Crippen LogP contribution in [-0.2, 0) is 5.41 Å². The smallest absolute Gasteiger partial charge is 0.257 e. The summed E-state index contributed by atoms with van der Waals surface area (Å²) >= 11 is 1.62. The largest absolute Gasteiger partial charge is 0.306 e. The van der Waals surface area contributed by atoms with Gasteiger partial charge in [0.15, 0.2) is 5.82 Å². The van der Waals surface area contributed by atoms with E-state index in [4.69, 9.17) is 0 Å². The van der Waals surface area contributed by atoms with Crippen LogP contribution in [-0.4, -0.2) is 20.7 Å². The maximum Gasteiger partial charge on any atom is 0.257 e. The lowest BCUT2D eigenvalue weighted by Crippen LogP contribution is -2.15. The molecule has 6 heteroatoms. The Hall–Kier alpha value is -2.47. The first-order chi connectivity index (χ1) is 11.8. The molecule has 0 spiro atoms. The number of amides is 1. The fourth-order valence-electron chi connectivity index (χ4n) is 2.53. The fraction of sp³-hybridized carbons (Fsp3) is 0.316. The van der Waals surface area contributed by atoms with Crippen LogP contribution >= 0.6 is 11.3 Å². The summed E-state index contributed by atoms with van der Waals surface area (Å²) in [7, 11) is 0. The molecule has 0 unspecified atom stereocenters. The molecule has 0 bridgehead atoms. The number of anilines is 1. The lowest BCUT2D eigenvalue weighted by Gasteiger charge is -2.13. The fourth-order valence-corrected chi connectivity index (χ4v) is 3.45. The van der Waals surface area contributed by atoms with Crippen LogP contribution in [0.15, 0.2) is 36.5 Å². The number of nitrogens with one attached hydrogen (secondary N) is 1. The predicted molar refractivity (Wildman–Crippen MR) is 102 cm³/mol. The van der Waals surface area contributed by atoms with Crippen molar-refractivity contribution in [3.05, 3.63) is 57.5 Å². The molecular formula is C19H22N4OS. The SMILES string of the molecule is Cc1cc(C(=O)Nc2cc(C(C)(C)C)nn2-c2ccccn2)c(C)s1. The molecule has 0 atom stereocenters. The number of pyridine rings is 1. The molecule has 0 fully saturated rings. The zero-order valence-corrected chi connectivity index (χ0v) is 15.9. The van der Waals surface area contributed by atoms with Gasteiger partial charge in [-0.15, -0.1) is 11.3 Å². The van der Waals surface area contributed by atoms with Crippen LogP contribution in [0.3, 0.4) is 0 Å². The minimum absolute atomic E-state index is 0.126. The van der Waals surface area contributed by atoms with Crippen molar-refractivity contribution in [3.8, 4) is 5.82 Å². The third-order valence-corrected chi connectivity index (χ3v) is 4.84. The summed E-state index contributed by atoms with van der Waals surface area (Å²) in [5.74, 6) is 1.17. The molecule has 130 valence electrons. The van der Waals surface area contributed by atoms with E-state index in [1.807, 2.05) is 44.2 Å². The van der Waals surface area contributed by atoms with Crippen molar-refractivity contribution >= 4 is 23.1 Å². The molecule has 0 radical (unpaired) electrons. The molecule has 0 saturated heterocycles. The molecule has 5 nitrogen and oxygen atoms in total. The van der Waals surface area contributed by atoms with E-state index in [9.17, 15) is 4.79 Å². The highest BCUT2D eigenvalue weighted by atomic mass is 32.1. The third kappa shape index (κ3) is 3.64. The summed E-state index contributed by atoms with van der Waals surface area (Å²) in [6.07, 6.45) is 1.71. The van der Waals surface area contributed by atoms with Crippen molar-refractivity contribution in [2.75, 3.05) is 5.32 Å². The molecular weight excluding hydrogens is 332 g/mol. The third-order valence-electron chi connectivity index (χ3n) is 3.87. The van der Waals surface area contributed by atoms with Crippen molar-refractivity contribution in [1.82, 2.24) is 14.8 Å². The Balaban J connectivity index is 2.01. The molecule has 3 heterocycles. The number of aromatic nitrogens is 3. The summed E-state index contributed by atoms with van der Waals surface area (Å²) in [4.78, 5) is 19.2. The Morgan fingerprint density at radius 1 is 1.20 bits per heavy atom. The second kappa shape index (κ2) is 6.44. The van der Waals surface area contributed by atoms with Crippen molar-refractivity contribution in [1.29, 1.82) is 0 Å². The molecule has 0 saturated carbocycles. The van der Waals surface area contributed by atoms with E-state index in [0.29, 0.717) is 17.2 Å². The van der Waals surface area contributed by atoms with E-state index in [2.05, 4.69) is 36.2 Å². The number of hydrogen-bond acceptors (Lipinski definition) is 4. The van der Waals surface area contributed by atoms with Gasteiger partial charge in [0.25, 0.3) is 5.91 Å². The summed E-state index contributed by atoms with van der Waals surface area (Å²) in [6, 6.07) is 9.46. The van der Waals surface area contributed by atoms with Gasteiger partial charge >= 0.3 is 0 Å². The zero-order chi connectivity index (χ0) is 18.2. The number of thiophene rings is 1. The number of hydrogen-bond donors (Lipinski definition) is 1. The zero-order valence-electron chi connectivity index (χ0n) is 15.1. The number of rotatable bonds is 3. The van der Waals surface area contributed by atoms with Crippen LogP contribution in [0.5, 0.6) is 0 Å². The van der Waals surface area contributed by atoms with Crippen LogP contribution in [0.4, 0.5) is 5.82 Å². The Morgan fingerprint density at radius 2 is 1.96 bits per heavy atom. The normalized spacial score (nSPS) is 11.6. The van der Waals surface area contributed by atoms with E-state index in [0.717, 1.165) is 15.4 Å². The highest BCUT2D eigenvalue weighted by Crippen LogP contribution is 2.27. The summed E-state index contributed by atoms with van der Waals surface area (Å²) < 4.78 is 1.69. The average molecular weight is 354 g/mol. The highest BCUT2D eigenvalue weighted by molar-refractivity contribution is 7.12. The Morgan fingerprint density at radius 3 is 2.52 bits per heavy atom. The quantitative estimate of drug-likeness (QED) is 0.753. The van der Waals surface area contributed by atoms with Crippen molar-refractivity contribution in [2.24, 2.45) is 0 Å². The number of carbonyl (C=O) groups excluding carboxylic acids is 1. The van der Waals surface area contributed by atoms with E-state index < -0.39 is 0 Å². The second-order valence-electron chi connectivity index (χ2n) is 7.05. The Labute approximate surface area is 151 Å². The molecule has 1 amide bonds. The predicted octanol–water partition coefficient (Wildman–Crippen LogP) is 4.50. The topological polar surface area (TPSA) is 59.8 Å².